The number of aromatic nitrogens is 6. The summed E-state index contributed by atoms with van der Waals surface area (Å²) in [7, 11) is 0. The lowest BCUT2D eigenvalue weighted by Crippen LogP contribution is -2.30. The SMILES string of the molecule is CCc1cnc(CCNC(=O)Nc2nc(C)c(-c3cc(C)nc(-n4ccnc4)n3)s2)o1. The molecule has 0 spiro atoms. The van der Waals surface area contributed by atoms with Crippen molar-refractivity contribution in [3.05, 3.63) is 54.0 Å². The minimum Gasteiger partial charge on any atom is -0.446 e. The molecule has 4 heterocycles. The van der Waals surface area contributed by atoms with Crippen molar-refractivity contribution in [2.75, 3.05) is 11.9 Å². The molecule has 31 heavy (non-hydrogen) atoms. The van der Waals surface area contributed by atoms with Gasteiger partial charge in [0.05, 0.1) is 22.5 Å². The largest absolute Gasteiger partial charge is 0.446 e. The Labute approximate surface area is 182 Å². The first-order valence-electron chi connectivity index (χ1n) is 9.82. The number of hydrogen-bond donors (Lipinski definition) is 2. The van der Waals surface area contributed by atoms with E-state index >= 15 is 0 Å². The molecule has 0 aliphatic heterocycles. The highest BCUT2D eigenvalue weighted by atomic mass is 32.1. The van der Waals surface area contributed by atoms with Gasteiger partial charge < -0.3 is 9.73 Å². The number of nitrogens with one attached hydrogen (secondary N) is 2. The maximum atomic E-state index is 12.2. The quantitative estimate of drug-likeness (QED) is 0.454. The van der Waals surface area contributed by atoms with E-state index in [0.717, 1.165) is 34.1 Å². The molecule has 2 N–H and O–H groups in total. The monoisotopic (exact) mass is 438 g/mol. The van der Waals surface area contributed by atoms with Crippen LogP contribution in [0.1, 0.15) is 30.0 Å². The van der Waals surface area contributed by atoms with Crippen molar-refractivity contribution in [3.8, 4) is 16.5 Å². The number of carbonyl (C=O) groups is 1. The molecule has 0 radical (unpaired) electrons. The molecular weight excluding hydrogens is 416 g/mol. The molecular formula is C20H22N8O2S. The van der Waals surface area contributed by atoms with E-state index in [1.54, 1.807) is 29.5 Å². The molecule has 4 aromatic rings. The Balaban J connectivity index is 1.41. The summed E-state index contributed by atoms with van der Waals surface area (Å²) in [6.07, 6.45) is 8.14. The van der Waals surface area contributed by atoms with Gasteiger partial charge in [0.1, 0.15) is 12.1 Å². The number of aryl methyl sites for hydroxylation is 3. The maximum Gasteiger partial charge on any atom is 0.321 e. The summed E-state index contributed by atoms with van der Waals surface area (Å²) < 4.78 is 7.28. The Morgan fingerprint density at radius 3 is 2.87 bits per heavy atom. The predicted molar refractivity (Wildman–Crippen MR) is 116 cm³/mol. The Bertz CT molecular complexity index is 1180. The van der Waals surface area contributed by atoms with Crippen LogP contribution in [-0.2, 0) is 12.8 Å². The van der Waals surface area contributed by atoms with E-state index in [1.165, 1.54) is 11.3 Å². The molecule has 11 heteroatoms. The highest BCUT2D eigenvalue weighted by molar-refractivity contribution is 7.19. The zero-order chi connectivity index (χ0) is 21.8. The lowest BCUT2D eigenvalue weighted by Gasteiger charge is -2.05. The second kappa shape index (κ2) is 9.04. The molecule has 0 atom stereocenters. The third-order valence-electron chi connectivity index (χ3n) is 4.40. The van der Waals surface area contributed by atoms with Crippen molar-refractivity contribution in [1.29, 1.82) is 0 Å². The van der Waals surface area contributed by atoms with E-state index < -0.39 is 0 Å². The number of hydrogen-bond acceptors (Lipinski definition) is 8. The van der Waals surface area contributed by atoms with Gasteiger partial charge in [-0.15, -0.1) is 0 Å². The van der Waals surface area contributed by atoms with Crippen molar-refractivity contribution >= 4 is 22.5 Å². The molecule has 2 amide bonds. The molecule has 0 aliphatic rings. The Kier molecular flexibility index (Phi) is 6.03. The van der Waals surface area contributed by atoms with E-state index in [4.69, 9.17) is 4.42 Å². The number of imidazole rings is 1. The molecule has 0 aromatic carbocycles. The normalized spacial score (nSPS) is 10.9. The van der Waals surface area contributed by atoms with E-state index in [9.17, 15) is 4.79 Å². The molecule has 4 aromatic heterocycles. The van der Waals surface area contributed by atoms with E-state index in [-0.39, 0.29) is 6.03 Å². The third-order valence-corrected chi connectivity index (χ3v) is 5.50. The minimum absolute atomic E-state index is 0.333. The zero-order valence-corrected chi connectivity index (χ0v) is 18.2. The zero-order valence-electron chi connectivity index (χ0n) is 17.4. The first-order valence-corrected chi connectivity index (χ1v) is 10.6. The Hall–Kier alpha value is -3.60. The Morgan fingerprint density at radius 2 is 2.13 bits per heavy atom. The van der Waals surface area contributed by atoms with Gasteiger partial charge in [0.15, 0.2) is 11.0 Å². The lowest BCUT2D eigenvalue weighted by molar-refractivity contribution is 0.252. The van der Waals surface area contributed by atoms with Crippen LogP contribution in [0, 0.1) is 13.8 Å². The molecule has 0 saturated heterocycles. The maximum absolute atomic E-state index is 12.2. The van der Waals surface area contributed by atoms with Gasteiger partial charge in [-0.1, -0.05) is 18.3 Å². The van der Waals surface area contributed by atoms with Gasteiger partial charge in [0.25, 0.3) is 0 Å². The fraction of sp³-hybridized carbons (Fsp3) is 0.300. The van der Waals surface area contributed by atoms with Crippen LogP contribution in [0.2, 0.25) is 0 Å². The van der Waals surface area contributed by atoms with Crippen LogP contribution in [-0.4, -0.2) is 42.1 Å². The average molecular weight is 439 g/mol. The van der Waals surface area contributed by atoms with Crippen molar-refractivity contribution in [2.45, 2.75) is 33.6 Å². The van der Waals surface area contributed by atoms with Crippen molar-refractivity contribution < 1.29 is 9.21 Å². The van der Waals surface area contributed by atoms with Crippen LogP contribution in [0.25, 0.3) is 16.5 Å². The van der Waals surface area contributed by atoms with Gasteiger partial charge in [-0.3, -0.25) is 9.88 Å². The smallest absolute Gasteiger partial charge is 0.321 e. The minimum atomic E-state index is -0.333. The summed E-state index contributed by atoms with van der Waals surface area (Å²) >= 11 is 1.36. The average Bonchev–Trinajstić information content (AvgIpc) is 3.48. The summed E-state index contributed by atoms with van der Waals surface area (Å²) in [5.74, 6) is 1.98. The van der Waals surface area contributed by atoms with Crippen molar-refractivity contribution in [2.24, 2.45) is 0 Å². The standard InChI is InChI=1S/C20H22N8O2S/c1-4-14-10-23-16(30-14)5-6-22-19(29)27-20-25-13(3)17(31-20)15-9-12(2)24-18(26-15)28-8-7-21-11-28/h7-11H,4-6H2,1-3H3,(H2,22,25,27,29). The van der Waals surface area contributed by atoms with Crippen molar-refractivity contribution in [1.82, 2.24) is 34.8 Å². The van der Waals surface area contributed by atoms with Crippen molar-refractivity contribution in [3.63, 3.8) is 0 Å². The van der Waals surface area contributed by atoms with E-state index in [2.05, 4.69) is 35.6 Å². The third kappa shape index (κ3) is 4.94. The lowest BCUT2D eigenvalue weighted by atomic mass is 10.2. The number of carbonyl (C=O) groups excluding carboxylic acids is 1. The number of thiazole rings is 1. The van der Waals surface area contributed by atoms with Gasteiger partial charge >= 0.3 is 6.03 Å². The highest BCUT2D eigenvalue weighted by Gasteiger charge is 2.15. The van der Waals surface area contributed by atoms with Gasteiger partial charge in [-0.05, 0) is 19.9 Å². The van der Waals surface area contributed by atoms with Crippen LogP contribution < -0.4 is 10.6 Å². The summed E-state index contributed by atoms with van der Waals surface area (Å²) in [6, 6.07) is 1.56. The van der Waals surface area contributed by atoms with E-state index in [1.807, 2.05) is 26.8 Å². The molecule has 0 unspecified atom stereocenters. The number of nitrogens with zero attached hydrogens (tertiary/aromatic N) is 6. The second-order valence-electron chi connectivity index (χ2n) is 6.80. The first kappa shape index (κ1) is 20.7. The molecule has 0 aliphatic carbocycles. The summed E-state index contributed by atoms with van der Waals surface area (Å²) in [6.45, 7) is 6.21. The van der Waals surface area contributed by atoms with Gasteiger partial charge in [0, 0.05) is 37.5 Å². The molecule has 0 bridgehead atoms. The molecule has 10 nitrogen and oxygen atoms in total. The first-order chi connectivity index (χ1) is 15.0. The number of urea groups is 1. The fourth-order valence-electron chi connectivity index (χ4n) is 2.90. The molecule has 160 valence electrons. The number of amides is 2. The van der Waals surface area contributed by atoms with Crippen LogP contribution >= 0.6 is 11.3 Å². The van der Waals surface area contributed by atoms with Crippen LogP contribution in [0.15, 0.2) is 35.4 Å². The second-order valence-corrected chi connectivity index (χ2v) is 7.80. The summed E-state index contributed by atoms with van der Waals surface area (Å²) in [4.78, 5) is 34.9. The Morgan fingerprint density at radius 1 is 1.26 bits per heavy atom. The van der Waals surface area contributed by atoms with E-state index in [0.29, 0.717) is 29.9 Å². The van der Waals surface area contributed by atoms with Crippen LogP contribution in [0.4, 0.5) is 9.93 Å². The number of oxazole rings is 1. The molecule has 0 fully saturated rings. The van der Waals surface area contributed by atoms with Gasteiger partial charge in [0.2, 0.25) is 5.95 Å². The fourth-order valence-corrected chi connectivity index (χ4v) is 3.82. The number of anilines is 1. The number of rotatable bonds is 7. The van der Waals surface area contributed by atoms with Gasteiger partial charge in [-0.2, -0.15) is 0 Å². The summed E-state index contributed by atoms with van der Waals surface area (Å²) in [5, 5.41) is 6.07. The predicted octanol–water partition coefficient (Wildman–Crippen LogP) is 3.32. The van der Waals surface area contributed by atoms with Crippen LogP contribution in [0.5, 0.6) is 0 Å². The highest BCUT2D eigenvalue weighted by Crippen LogP contribution is 2.32. The topological polar surface area (TPSA) is 124 Å². The van der Waals surface area contributed by atoms with Gasteiger partial charge in [-0.25, -0.2) is 29.7 Å². The summed E-state index contributed by atoms with van der Waals surface area (Å²) in [5.41, 5.74) is 2.35. The molecule has 0 saturated carbocycles. The molecule has 4 rings (SSSR count). The van der Waals surface area contributed by atoms with Crippen LogP contribution in [0.3, 0.4) is 0 Å².